The van der Waals surface area contributed by atoms with Gasteiger partial charge in [0.15, 0.2) is 0 Å². The van der Waals surface area contributed by atoms with Crippen LogP contribution in [0, 0.1) is 0 Å². The minimum atomic E-state index is -3.46. The van der Waals surface area contributed by atoms with Gasteiger partial charge in [-0.3, -0.25) is 4.79 Å². The van der Waals surface area contributed by atoms with E-state index in [-0.39, 0.29) is 10.8 Å². The molecule has 0 aliphatic carbocycles. The number of carbonyl (C=O) groups excluding carboxylic acids is 1. The third-order valence-corrected chi connectivity index (χ3v) is 5.71. The van der Waals surface area contributed by atoms with E-state index < -0.39 is 10.0 Å². The maximum absolute atomic E-state index is 12.5. The Kier molecular flexibility index (Phi) is 7.16. The van der Waals surface area contributed by atoms with Gasteiger partial charge >= 0.3 is 0 Å². The first-order valence-electron chi connectivity index (χ1n) is 7.96. The van der Waals surface area contributed by atoms with Crippen molar-refractivity contribution in [2.45, 2.75) is 17.7 Å². The number of sulfonamides is 1. The molecule has 1 aromatic carbocycles. The molecule has 1 amide bonds. The Bertz CT molecular complexity index is 624. The number of ether oxygens (including phenoxy) is 2. The van der Waals surface area contributed by atoms with Gasteiger partial charge in [-0.25, -0.2) is 8.42 Å². The number of hydrogen-bond donors (Lipinski definition) is 1. The number of nitrogens with one attached hydrogen (secondary N) is 1. The van der Waals surface area contributed by atoms with Crippen LogP contribution in [0.4, 0.5) is 0 Å². The molecule has 0 spiro atoms. The van der Waals surface area contributed by atoms with E-state index in [9.17, 15) is 13.2 Å². The van der Waals surface area contributed by atoms with Gasteiger partial charge in [0.25, 0.3) is 0 Å². The van der Waals surface area contributed by atoms with E-state index in [0.29, 0.717) is 52.3 Å². The van der Waals surface area contributed by atoms with Crippen LogP contribution < -0.4 is 5.32 Å². The van der Waals surface area contributed by atoms with E-state index in [1.165, 1.54) is 4.31 Å². The van der Waals surface area contributed by atoms with Gasteiger partial charge in [-0.2, -0.15) is 4.31 Å². The SMILES string of the molecule is COCCNC(=O)CCc1ccc(S(=O)(=O)N2CCOCC2)cc1. The number of aryl methyl sites for hydroxylation is 1. The molecule has 0 bridgehead atoms. The van der Waals surface area contributed by atoms with Gasteiger partial charge in [-0.05, 0) is 24.1 Å². The van der Waals surface area contributed by atoms with E-state index in [2.05, 4.69) is 5.32 Å². The van der Waals surface area contributed by atoms with E-state index >= 15 is 0 Å². The molecule has 0 aromatic heterocycles. The second-order valence-electron chi connectivity index (χ2n) is 5.50. The van der Waals surface area contributed by atoms with Crippen molar-refractivity contribution in [3.05, 3.63) is 29.8 Å². The van der Waals surface area contributed by atoms with Crippen molar-refractivity contribution < 1.29 is 22.7 Å². The summed E-state index contributed by atoms with van der Waals surface area (Å²) >= 11 is 0. The molecule has 1 saturated heterocycles. The zero-order valence-electron chi connectivity index (χ0n) is 13.9. The Balaban J connectivity index is 1.89. The molecule has 0 atom stereocenters. The maximum Gasteiger partial charge on any atom is 0.243 e. The molecule has 1 aliphatic heterocycles. The molecule has 7 nitrogen and oxygen atoms in total. The molecule has 1 aromatic rings. The summed E-state index contributed by atoms with van der Waals surface area (Å²) in [6, 6.07) is 6.72. The zero-order valence-corrected chi connectivity index (χ0v) is 14.7. The summed E-state index contributed by atoms with van der Waals surface area (Å²) in [4.78, 5) is 11.9. The van der Waals surface area contributed by atoms with Gasteiger partial charge < -0.3 is 14.8 Å². The molecule has 8 heteroatoms. The Hall–Kier alpha value is -1.48. The predicted octanol–water partition coefficient (Wildman–Crippen LogP) is 0.403. The Labute approximate surface area is 143 Å². The summed E-state index contributed by atoms with van der Waals surface area (Å²) < 4.78 is 36.5. The first kappa shape index (κ1) is 18.9. The molecule has 2 rings (SSSR count). The molecule has 0 unspecified atom stereocenters. The van der Waals surface area contributed by atoms with Crippen molar-refractivity contribution in [1.82, 2.24) is 9.62 Å². The third kappa shape index (κ3) is 5.27. The Morgan fingerprint density at radius 1 is 1.25 bits per heavy atom. The maximum atomic E-state index is 12.5. The lowest BCUT2D eigenvalue weighted by Crippen LogP contribution is -2.40. The molecule has 134 valence electrons. The van der Waals surface area contributed by atoms with Gasteiger partial charge in [0.2, 0.25) is 15.9 Å². The van der Waals surface area contributed by atoms with E-state index in [1.54, 1.807) is 31.4 Å². The number of morpholine rings is 1. The largest absolute Gasteiger partial charge is 0.383 e. The fraction of sp³-hybridized carbons (Fsp3) is 0.562. The number of nitrogens with zero attached hydrogens (tertiary/aromatic N) is 1. The first-order valence-corrected chi connectivity index (χ1v) is 9.40. The minimum absolute atomic E-state index is 0.0444. The van der Waals surface area contributed by atoms with Crippen LogP contribution in [-0.4, -0.2) is 65.2 Å². The molecule has 1 N–H and O–H groups in total. The van der Waals surface area contributed by atoms with Crippen LogP contribution >= 0.6 is 0 Å². The van der Waals surface area contributed by atoms with Crippen LogP contribution in [0.3, 0.4) is 0 Å². The topological polar surface area (TPSA) is 84.9 Å². The van der Waals surface area contributed by atoms with Crippen LogP contribution in [0.1, 0.15) is 12.0 Å². The summed E-state index contributed by atoms with van der Waals surface area (Å²) in [5.74, 6) is -0.0444. The highest BCUT2D eigenvalue weighted by Gasteiger charge is 2.25. The highest BCUT2D eigenvalue weighted by molar-refractivity contribution is 7.89. The van der Waals surface area contributed by atoms with Crippen molar-refractivity contribution >= 4 is 15.9 Å². The number of methoxy groups -OCH3 is 1. The fourth-order valence-corrected chi connectivity index (χ4v) is 3.81. The summed E-state index contributed by atoms with van der Waals surface area (Å²) in [7, 11) is -1.88. The van der Waals surface area contributed by atoms with Crippen LogP contribution in [0.5, 0.6) is 0 Å². The Morgan fingerprint density at radius 2 is 1.92 bits per heavy atom. The minimum Gasteiger partial charge on any atom is -0.383 e. The second kappa shape index (κ2) is 9.12. The number of hydrogen-bond acceptors (Lipinski definition) is 5. The van der Waals surface area contributed by atoms with Gasteiger partial charge in [-0.15, -0.1) is 0 Å². The highest BCUT2D eigenvalue weighted by Crippen LogP contribution is 2.18. The van der Waals surface area contributed by atoms with Crippen molar-refractivity contribution in [2.75, 3.05) is 46.6 Å². The molecular weight excluding hydrogens is 332 g/mol. The normalized spacial score (nSPS) is 16.0. The van der Waals surface area contributed by atoms with Gasteiger partial charge in [0.05, 0.1) is 24.7 Å². The van der Waals surface area contributed by atoms with Crippen LogP contribution in [-0.2, 0) is 30.7 Å². The van der Waals surface area contributed by atoms with Gasteiger partial charge in [-0.1, -0.05) is 12.1 Å². The third-order valence-electron chi connectivity index (χ3n) is 3.80. The lowest BCUT2D eigenvalue weighted by atomic mass is 10.1. The van der Waals surface area contributed by atoms with Gasteiger partial charge in [0.1, 0.15) is 0 Å². The number of amides is 1. The van der Waals surface area contributed by atoms with Crippen LogP contribution in [0.25, 0.3) is 0 Å². The predicted molar refractivity (Wildman–Crippen MR) is 89.2 cm³/mol. The van der Waals surface area contributed by atoms with Crippen LogP contribution in [0.2, 0.25) is 0 Å². The van der Waals surface area contributed by atoms with Gasteiger partial charge in [0, 0.05) is 33.2 Å². The monoisotopic (exact) mass is 356 g/mol. The summed E-state index contributed by atoms with van der Waals surface area (Å²) in [5.41, 5.74) is 0.929. The fourth-order valence-electron chi connectivity index (χ4n) is 2.40. The second-order valence-corrected chi connectivity index (χ2v) is 7.44. The molecule has 0 saturated carbocycles. The number of rotatable bonds is 8. The quantitative estimate of drug-likeness (QED) is 0.682. The van der Waals surface area contributed by atoms with Crippen molar-refractivity contribution in [3.8, 4) is 0 Å². The highest BCUT2D eigenvalue weighted by atomic mass is 32.2. The molecule has 1 aliphatic rings. The van der Waals surface area contributed by atoms with Crippen molar-refractivity contribution in [3.63, 3.8) is 0 Å². The molecule has 0 radical (unpaired) electrons. The smallest absolute Gasteiger partial charge is 0.243 e. The first-order chi connectivity index (χ1) is 11.5. The average Bonchev–Trinajstić information content (AvgIpc) is 2.61. The zero-order chi connectivity index (χ0) is 17.4. The lowest BCUT2D eigenvalue weighted by Gasteiger charge is -2.26. The van der Waals surface area contributed by atoms with E-state index in [0.717, 1.165) is 5.56 Å². The standard InChI is InChI=1S/C16H24N2O5S/c1-22-11-8-17-16(19)7-4-14-2-5-15(6-3-14)24(20,21)18-9-12-23-13-10-18/h2-3,5-6H,4,7-13H2,1H3,(H,17,19). The summed E-state index contributed by atoms with van der Waals surface area (Å²) in [6.07, 6.45) is 0.927. The summed E-state index contributed by atoms with van der Waals surface area (Å²) in [5, 5.41) is 2.75. The lowest BCUT2D eigenvalue weighted by molar-refractivity contribution is -0.121. The van der Waals surface area contributed by atoms with Crippen molar-refractivity contribution in [1.29, 1.82) is 0 Å². The summed E-state index contributed by atoms with van der Waals surface area (Å²) in [6.45, 7) is 2.59. The average molecular weight is 356 g/mol. The van der Waals surface area contributed by atoms with E-state index in [1.807, 2.05) is 0 Å². The molecule has 24 heavy (non-hydrogen) atoms. The number of benzene rings is 1. The Morgan fingerprint density at radius 3 is 2.54 bits per heavy atom. The molecular formula is C16H24N2O5S. The van der Waals surface area contributed by atoms with E-state index in [4.69, 9.17) is 9.47 Å². The van der Waals surface area contributed by atoms with Crippen LogP contribution in [0.15, 0.2) is 29.2 Å². The molecule has 1 fully saturated rings. The van der Waals surface area contributed by atoms with Crippen molar-refractivity contribution in [2.24, 2.45) is 0 Å². The number of carbonyl (C=O) groups is 1. The molecule has 1 heterocycles.